The van der Waals surface area contributed by atoms with Crippen LogP contribution in [0.1, 0.15) is 16.1 Å². The molecule has 3 rings (SSSR count). The van der Waals surface area contributed by atoms with Gasteiger partial charge in [0.15, 0.2) is 5.78 Å². The molecule has 2 N–H and O–H groups in total. The number of nitrogens with two attached hydrogens (primary N) is 1. The Morgan fingerprint density at radius 1 is 1.00 bits per heavy atom. The van der Waals surface area contributed by atoms with Crippen molar-refractivity contribution in [3.8, 4) is 11.3 Å². The lowest BCUT2D eigenvalue weighted by atomic mass is 10.1. The Bertz CT molecular complexity index is 929. The van der Waals surface area contributed by atoms with Crippen molar-refractivity contribution in [1.82, 2.24) is 0 Å². The molecule has 0 unspecified atom stereocenters. The van der Waals surface area contributed by atoms with E-state index in [1.165, 1.54) is 6.08 Å². The van der Waals surface area contributed by atoms with Crippen LogP contribution >= 0.6 is 23.2 Å². The summed E-state index contributed by atoms with van der Waals surface area (Å²) in [6, 6.07) is 15.7. The fourth-order valence-corrected chi connectivity index (χ4v) is 2.49. The van der Waals surface area contributed by atoms with Crippen molar-refractivity contribution in [2.45, 2.75) is 0 Å². The van der Waals surface area contributed by atoms with Crippen LogP contribution in [0, 0.1) is 0 Å². The Morgan fingerprint density at radius 2 is 1.83 bits per heavy atom. The number of furan rings is 1. The molecule has 0 saturated heterocycles. The first-order valence-corrected chi connectivity index (χ1v) is 7.92. The van der Waals surface area contributed by atoms with Gasteiger partial charge in [0, 0.05) is 16.8 Å². The number of anilines is 1. The molecule has 0 aliphatic heterocycles. The van der Waals surface area contributed by atoms with Crippen LogP contribution in [-0.2, 0) is 0 Å². The molecule has 120 valence electrons. The Morgan fingerprint density at radius 3 is 2.58 bits per heavy atom. The van der Waals surface area contributed by atoms with Crippen LogP contribution in [0.4, 0.5) is 5.69 Å². The van der Waals surface area contributed by atoms with Crippen LogP contribution in [0.15, 0.2) is 65.1 Å². The van der Waals surface area contributed by atoms with E-state index in [2.05, 4.69) is 0 Å². The summed E-state index contributed by atoms with van der Waals surface area (Å²) in [7, 11) is 0. The number of carbonyl (C=O) groups excluding carboxylic acids is 1. The van der Waals surface area contributed by atoms with Gasteiger partial charge in [0.1, 0.15) is 11.5 Å². The number of ketones is 1. The molecule has 3 aromatic rings. The minimum absolute atomic E-state index is 0.144. The maximum absolute atomic E-state index is 12.1. The minimum Gasteiger partial charge on any atom is -0.457 e. The molecule has 24 heavy (non-hydrogen) atoms. The summed E-state index contributed by atoms with van der Waals surface area (Å²) in [4.78, 5) is 12.1. The molecule has 0 spiro atoms. The topological polar surface area (TPSA) is 56.2 Å². The van der Waals surface area contributed by atoms with Gasteiger partial charge in [0.05, 0.1) is 10.0 Å². The fraction of sp³-hybridized carbons (Fsp3) is 0. The smallest absolute Gasteiger partial charge is 0.186 e. The second-order valence-corrected chi connectivity index (χ2v) is 5.97. The van der Waals surface area contributed by atoms with Gasteiger partial charge in [-0.15, -0.1) is 0 Å². The monoisotopic (exact) mass is 357 g/mol. The number of nitrogen functional groups attached to an aromatic ring is 1. The van der Waals surface area contributed by atoms with Crippen molar-refractivity contribution < 1.29 is 9.21 Å². The van der Waals surface area contributed by atoms with Crippen molar-refractivity contribution in [2.24, 2.45) is 0 Å². The average molecular weight is 358 g/mol. The van der Waals surface area contributed by atoms with Crippen LogP contribution in [0.3, 0.4) is 0 Å². The molecular formula is C19H13Cl2NO2. The predicted molar refractivity (Wildman–Crippen MR) is 98.4 cm³/mol. The zero-order chi connectivity index (χ0) is 17.1. The lowest BCUT2D eigenvalue weighted by molar-refractivity contribution is 0.104. The third kappa shape index (κ3) is 3.70. The summed E-state index contributed by atoms with van der Waals surface area (Å²) in [5, 5.41) is 0.944. The molecule has 0 saturated carbocycles. The number of hydrogen-bond acceptors (Lipinski definition) is 3. The second kappa shape index (κ2) is 6.95. The normalized spacial score (nSPS) is 11.1. The quantitative estimate of drug-likeness (QED) is 0.368. The molecular weight excluding hydrogens is 345 g/mol. The van der Waals surface area contributed by atoms with E-state index in [0.717, 1.165) is 5.56 Å². The highest BCUT2D eigenvalue weighted by molar-refractivity contribution is 6.42. The summed E-state index contributed by atoms with van der Waals surface area (Å²) >= 11 is 11.9. The second-order valence-electron chi connectivity index (χ2n) is 5.15. The highest BCUT2D eigenvalue weighted by Gasteiger charge is 2.07. The van der Waals surface area contributed by atoms with E-state index in [9.17, 15) is 4.79 Å². The molecule has 0 bridgehead atoms. The molecule has 5 heteroatoms. The zero-order valence-corrected chi connectivity index (χ0v) is 14.0. The molecule has 0 aliphatic carbocycles. The molecule has 1 aromatic heterocycles. The van der Waals surface area contributed by atoms with Crippen LogP contribution in [0.25, 0.3) is 17.4 Å². The predicted octanol–water partition coefficient (Wildman–Crippen LogP) is 5.73. The number of halogens is 2. The minimum atomic E-state index is -0.144. The first-order valence-electron chi connectivity index (χ1n) is 7.16. The van der Waals surface area contributed by atoms with Gasteiger partial charge in [-0.2, -0.15) is 0 Å². The lowest BCUT2D eigenvalue weighted by Crippen LogP contribution is -1.95. The van der Waals surface area contributed by atoms with E-state index in [1.807, 2.05) is 12.1 Å². The van der Waals surface area contributed by atoms with Gasteiger partial charge < -0.3 is 10.2 Å². The summed E-state index contributed by atoms with van der Waals surface area (Å²) in [5.74, 6) is 1.06. The Balaban J connectivity index is 1.78. The van der Waals surface area contributed by atoms with Gasteiger partial charge in [-0.05, 0) is 54.6 Å². The molecule has 0 fully saturated rings. The molecule has 0 atom stereocenters. The van der Waals surface area contributed by atoms with Gasteiger partial charge in [0.25, 0.3) is 0 Å². The third-order valence-corrected chi connectivity index (χ3v) is 4.14. The van der Waals surface area contributed by atoms with Crippen LogP contribution in [0.2, 0.25) is 10.0 Å². The average Bonchev–Trinajstić information content (AvgIpc) is 3.04. The molecule has 2 aromatic carbocycles. The summed E-state index contributed by atoms with van der Waals surface area (Å²) in [6.07, 6.45) is 3.07. The number of rotatable bonds is 4. The Hall–Kier alpha value is -2.49. The molecule has 3 nitrogen and oxygen atoms in total. The van der Waals surface area contributed by atoms with Crippen molar-refractivity contribution in [2.75, 3.05) is 5.73 Å². The molecule has 0 radical (unpaired) electrons. The summed E-state index contributed by atoms with van der Waals surface area (Å²) < 4.78 is 5.71. The first-order chi connectivity index (χ1) is 11.5. The van der Waals surface area contributed by atoms with Crippen molar-refractivity contribution in [3.63, 3.8) is 0 Å². The van der Waals surface area contributed by atoms with Gasteiger partial charge >= 0.3 is 0 Å². The maximum Gasteiger partial charge on any atom is 0.186 e. The van der Waals surface area contributed by atoms with Gasteiger partial charge in [0.2, 0.25) is 0 Å². The highest BCUT2D eigenvalue weighted by atomic mass is 35.5. The van der Waals surface area contributed by atoms with Gasteiger partial charge in [-0.3, -0.25) is 4.79 Å². The van der Waals surface area contributed by atoms with E-state index in [0.29, 0.717) is 32.8 Å². The van der Waals surface area contributed by atoms with Crippen molar-refractivity contribution in [3.05, 3.63) is 82.0 Å². The van der Waals surface area contributed by atoms with E-state index in [4.69, 9.17) is 33.4 Å². The number of benzene rings is 2. The maximum atomic E-state index is 12.1. The Labute approximate surface area is 149 Å². The van der Waals surface area contributed by atoms with E-state index < -0.39 is 0 Å². The molecule has 0 aliphatic rings. The standard InChI is InChI=1S/C19H13Cl2NO2/c20-16-7-4-13(11-17(16)21)19-9-6-15(24-19)5-8-18(23)12-2-1-3-14(22)10-12/h1-11H,22H2/b8-5+. The molecule has 0 amide bonds. The van der Waals surface area contributed by atoms with Gasteiger partial charge in [-0.1, -0.05) is 35.3 Å². The lowest BCUT2D eigenvalue weighted by Gasteiger charge is -1.99. The number of allylic oxidation sites excluding steroid dienone is 1. The fourth-order valence-electron chi connectivity index (χ4n) is 2.19. The molecule has 1 heterocycles. The SMILES string of the molecule is Nc1cccc(C(=O)/C=C/c2ccc(-c3ccc(Cl)c(Cl)c3)o2)c1. The van der Waals surface area contributed by atoms with Crippen LogP contribution in [0.5, 0.6) is 0 Å². The summed E-state index contributed by atoms with van der Waals surface area (Å²) in [5.41, 5.74) is 7.57. The largest absolute Gasteiger partial charge is 0.457 e. The first kappa shape index (κ1) is 16.4. The van der Waals surface area contributed by atoms with E-state index in [-0.39, 0.29) is 5.78 Å². The van der Waals surface area contributed by atoms with Crippen LogP contribution in [-0.4, -0.2) is 5.78 Å². The third-order valence-electron chi connectivity index (χ3n) is 3.40. The number of hydrogen-bond donors (Lipinski definition) is 1. The van der Waals surface area contributed by atoms with Crippen molar-refractivity contribution >= 4 is 40.7 Å². The zero-order valence-electron chi connectivity index (χ0n) is 12.5. The Kier molecular flexibility index (Phi) is 4.74. The summed E-state index contributed by atoms with van der Waals surface area (Å²) in [6.45, 7) is 0. The van der Waals surface area contributed by atoms with Crippen LogP contribution < -0.4 is 5.73 Å². The number of carbonyl (C=O) groups is 1. The van der Waals surface area contributed by atoms with E-state index in [1.54, 1.807) is 48.5 Å². The highest BCUT2D eigenvalue weighted by Crippen LogP contribution is 2.29. The van der Waals surface area contributed by atoms with Gasteiger partial charge in [-0.25, -0.2) is 0 Å². The van der Waals surface area contributed by atoms with Crippen molar-refractivity contribution in [1.29, 1.82) is 0 Å². The van der Waals surface area contributed by atoms with E-state index >= 15 is 0 Å².